The molecule has 2 aromatic rings. The summed E-state index contributed by atoms with van der Waals surface area (Å²) in [6.45, 7) is 18.2. The van der Waals surface area contributed by atoms with E-state index in [0.717, 1.165) is 24.6 Å². The Labute approximate surface area is 389 Å². The van der Waals surface area contributed by atoms with Crippen molar-refractivity contribution < 1.29 is 50.8 Å². The van der Waals surface area contributed by atoms with Gasteiger partial charge >= 0.3 is 6.09 Å². The van der Waals surface area contributed by atoms with Crippen molar-refractivity contribution in [2.75, 3.05) is 51.5 Å². The van der Waals surface area contributed by atoms with Crippen molar-refractivity contribution in [1.29, 1.82) is 0 Å². The summed E-state index contributed by atoms with van der Waals surface area (Å²) in [5.74, 6) is -0.877. The van der Waals surface area contributed by atoms with E-state index in [9.17, 15) is 22.8 Å². The number of morpholine rings is 1. The average molecular weight is 931 g/mol. The maximum absolute atomic E-state index is 15.0. The van der Waals surface area contributed by atoms with E-state index in [2.05, 4.69) is 27.2 Å². The van der Waals surface area contributed by atoms with Crippen LogP contribution in [0.2, 0.25) is 0 Å². The molecule has 3 aliphatic heterocycles. The van der Waals surface area contributed by atoms with Crippen LogP contribution in [0.1, 0.15) is 117 Å². The van der Waals surface area contributed by atoms with E-state index in [4.69, 9.17) is 23.9 Å². The molecule has 1 aromatic carbocycles. The number of hydrogen-bond acceptors (Lipinski definition) is 12. The van der Waals surface area contributed by atoms with E-state index in [1.165, 1.54) is 4.90 Å². The fourth-order valence-corrected chi connectivity index (χ4v) is 10.2. The molecule has 6 aliphatic rings. The number of rotatable bonds is 10. The highest BCUT2D eigenvalue weighted by Gasteiger charge is 2.63. The summed E-state index contributed by atoms with van der Waals surface area (Å²) in [5.41, 5.74) is -1.61. The molecule has 8 rings (SSSR count). The molecule has 5 fully saturated rings. The molecule has 4 amide bonds. The number of amides is 4. The Bertz CT molecular complexity index is 2210. The second-order valence-corrected chi connectivity index (χ2v) is 21.1. The number of carbonyl (C=O) groups excluding carboxylic acids is 4. The van der Waals surface area contributed by atoms with Crippen LogP contribution in [0.15, 0.2) is 36.4 Å². The summed E-state index contributed by atoms with van der Waals surface area (Å²) in [5, 5.41) is 7.36. The summed E-state index contributed by atoms with van der Waals surface area (Å²) in [4.78, 5) is 65.7. The van der Waals surface area contributed by atoms with Crippen LogP contribution in [0, 0.1) is 23.2 Å². The SMILES string of the molecule is CC.CC.COc1ccc2c(O[C@@H]3C[C@H]4C(=O)N[C@]5(C(=O)NS(=O)(=O)C6(C)CC6)C[C@H]5/C=C\CC[C@H](C)C[C@@H](C)[C@H](NC(=O)OCC5(C)CC5)C(=O)N4C3)nc(N3CCOCC3)cc2c1.[HH].[HH].[HH]. The van der Waals surface area contributed by atoms with E-state index in [1.807, 2.05) is 78.0 Å². The van der Waals surface area contributed by atoms with Crippen LogP contribution < -0.4 is 29.7 Å². The quantitative estimate of drug-likeness (QED) is 0.207. The average Bonchev–Trinajstić information content (AvgIpc) is 4.27. The molecule has 0 spiro atoms. The van der Waals surface area contributed by atoms with Crippen LogP contribution in [-0.4, -0.2) is 117 Å². The van der Waals surface area contributed by atoms with Crippen molar-refractivity contribution in [1.82, 2.24) is 25.2 Å². The van der Waals surface area contributed by atoms with Gasteiger partial charge in [-0.1, -0.05) is 60.6 Å². The summed E-state index contributed by atoms with van der Waals surface area (Å²) in [6.07, 6.45) is 7.49. The molecule has 0 radical (unpaired) electrons. The van der Waals surface area contributed by atoms with E-state index in [-0.39, 0.29) is 47.5 Å². The van der Waals surface area contributed by atoms with Crippen molar-refractivity contribution in [3.05, 3.63) is 36.4 Å². The highest BCUT2D eigenvalue weighted by atomic mass is 32.2. The van der Waals surface area contributed by atoms with Gasteiger partial charge in [-0.15, -0.1) is 0 Å². The maximum Gasteiger partial charge on any atom is 0.407 e. The molecule has 17 heteroatoms. The largest absolute Gasteiger partial charge is 0.497 e. The first kappa shape index (κ1) is 49.8. The molecule has 7 atom stereocenters. The first-order valence-electron chi connectivity index (χ1n) is 23.8. The lowest BCUT2D eigenvalue weighted by atomic mass is 9.88. The summed E-state index contributed by atoms with van der Waals surface area (Å²) >= 11 is 0. The zero-order valence-corrected chi connectivity index (χ0v) is 40.7. The number of ether oxygens (including phenoxy) is 4. The van der Waals surface area contributed by atoms with Crippen LogP contribution in [0.4, 0.5) is 10.6 Å². The molecule has 1 aromatic heterocycles. The number of hydrogen-bond donors (Lipinski definition) is 3. The zero-order valence-electron chi connectivity index (χ0n) is 39.9. The highest BCUT2D eigenvalue weighted by molar-refractivity contribution is 7.91. The van der Waals surface area contributed by atoms with Gasteiger partial charge in [0.2, 0.25) is 27.7 Å². The Morgan fingerprint density at radius 2 is 1.72 bits per heavy atom. The Balaban J connectivity index is 0.00000171. The van der Waals surface area contributed by atoms with Gasteiger partial charge in [0.15, 0.2) is 0 Å². The first-order valence-corrected chi connectivity index (χ1v) is 25.3. The Hall–Kier alpha value is -4.64. The minimum atomic E-state index is -4.01. The summed E-state index contributed by atoms with van der Waals surface area (Å²) in [6, 6.07) is 5.38. The number of sulfonamides is 1. The van der Waals surface area contributed by atoms with Gasteiger partial charge < -0.3 is 39.4 Å². The summed E-state index contributed by atoms with van der Waals surface area (Å²) in [7, 11) is -2.42. The molecule has 4 heterocycles. The van der Waals surface area contributed by atoms with Crippen molar-refractivity contribution >= 4 is 50.4 Å². The number of nitrogens with zero attached hydrogens (tertiary/aromatic N) is 3. The second kappa shape index (κ2) is 20.5. The number of anilines is 1. The molecule has 16 nitrogen and oxygen atoms in total. The number of methoxy groups -OCH3 is 1. The molecule has 0 bridgehead atoms. The number of nitrogens with one attached hydrogen (secondary N) is 3. The minimum Gasteiger partial charge on any atom is -0.497 e. The molecule has 0 unspecified atom stereocenters. The van der Waals surface area contributed by atoms with Gasteiger partial charge in [-0.05, 0) is 99.8 Å². The molecule has 3 aliphatic carbocycles. The fraction of sp³-hybridized carbons (Fsp3) is 0.688. The molecule has 3 N–H and O–H groups in total. The lowest BCUT2D eigenvalue weighted by Crippen LogP contribution is -2.59. The second-order valence-electron chi connectivity index (χ2n) is 18.9. The maximum atomic E-state index is 15.0. The van der Waals surface area contributed by atoms with E-state index < -0.39 is 68.2 Å². The minimum absolute atomic E-state index is 0. The molecule has 3 saturated carbocycles. The van der Waals surface area contributed by atoms with Crippen LogP contribution >= 0.6 is 0 Å². The van der Waals surface area contributed by atoms with Crippen LogP contribution in [0.3, 0.4) is 0 Å². The summed E-state index contributed by atoms with van der Waals surface area (Å²) < 4.78 is 51.4. The topological polar surface area (TPSA) is 195 Å². The number of pyridine rings is 1. The highest BCUT2D eigenvalue weighted by Crippen LogP contribution is 2.48. The van der Waals surface area contributed by atoms with E-state index in [0.29, 0.717) is 74.8 Å². The first-order chi connectivity index (χ1) is 31.0. The van der Waals surface area contributed by atoms with Crippen molar-refractivity contribution in [3.8, 4) is 11.6 Å². The van der Waals surface area contributed by atoms with Crippen molar-refractivity contribution in [3.63, 3.8) is 0 Å². The monoisotopic (exact) mass is 931 g/mol. The predicted molar refractivity (Wildman–Crippen MR) is 256 cm³/mol. The third-order valence-corrected chi connectivity index (χ3v) is 15.9. The normalized spacial score (nSPS) is 29.6. The Kier molecular flexibility index (Phi) is 15.7. The Morgan fingerprint density at radius 3 is 2.38 bits per heavy atom. The molecule has 65 heavy (non-hydrogen) atoms. The molecule has 366 valence electrons. The third-order valence-electron chi connectivity index (χ3n) is 13.8. The lowest BCUT2D eigenvalue weighted by molar-refractivity contribution is -0.142. The van der Waals surface area contributed by atoms with Crippen molar-refractivity contribution in [2.45, 2.75) is 142 Å². The third kappa shape index (κ3) is 11.3. The van der Waals surface area contributed by atoms with Crippen molar-refractivity contribution in [2.24, 2.45) is 23.2 Å². The molecule has 2 saturated heterocycles. The number of fused-ring (bicyclic) bond motifs is 3. The predicted octanol–water partition coefficient (Wildman–Crippen LogP) is 7.00. The Morgan fingerprint density at radius 1 is 1.02 bits per heavy atom. The lowest BCUT2D eigenvalue weighted by Gasteiger charge is -2.33. The van der Waals surface area contributed by atoms with Crippen LogP contribution in [0.5, 0.6) is 11.6 Å². The standard InChI is InChI=1S/C44H60N6O10S.2C2H6.3H2/c1-27-8-6-7-9-30-24-44(30,40(53)48-61(55,56)43(4)14-15-43)47-37(51)34-23-32(25-50(34)39(52)36(28(2)20-27)46-41(54)59-26-42(3)12-13-42)60-38-33-11-10-31(57-5)21-29(33)22-35(45-38)49-16-18-58-19-17-49;2*1-2;;;/h7,9-11,21-22,27-28,30,32,34,36H,6,8,12-20,23-26H2,1-5H3,(H,46,54)(H,47,51)(H,48,53);2*1-2H3;3*1H/b9-7-;;;;;/t27-,28+,30+,32+,34-,36-,44+;;;;;/m0...../s1. The van der Waals surface area contributed by atoms with E-state index >= 15 is 4.79 Å². The van der Waals surface area contributed by atoms with Gasteiger partial charge in [0.1, 0.15) is 35.3 Å². The number of benzene rings is 1. The van der Waals surface area contributed by atoms with Gasteiger partial charge in [0.05, 0.1) is 38.2 Å². The number of allylic oxidation sites excluding steroid dienone is 1. The molecular formula is C48H78N6O10S. The molecular weight excluding hydrogens is 853 g/mol. The van der Waals surface area contributed by atoms with E-state index in [1.54, 1.807) is 14.0 Å². The number of carbonyl (C=O) groups is 4. The number of alkyl carbamates (subject to hydrolysis) is 1. The van der Waals surface area contributed by atoms with Crippen LogP contribution in [0.25, 0.3) is 10.8 Å². The number of aromatic nitrogens is 1. The van der Waals surface area contributed by atoms with Gasteiger partial charge in [0, 0.05) is 40.5 Å². The van der Waals surface area contributed by atoms with Gasteiger partial charge in [-0.25, -0.2) is 13.2 Å². The van der Waals surface area contributed by atoms with Gasteiger partial charge in [0.25, 0.3) is 5.91 Å². The fourth-order valence-electron chi connectivity index (χ4n) is 8.88. The van der Waals surface area contributed by atoms with Gasteiger partial charge in [-0.2, -0.15) is 4.98 Å². The van der Waals surface area contributed by atoms with Gasteiger partial charge in [-0.3, -0.25) is 19.1 Å². The van der Waals surface area contributed by atoms with Crippen LogP contribution in [-0.2, 0) is 33.9 Å². The zero-order chi connectivity index (χ0) is 47.3. The smallest absolute Gasteiger partial charge is 0.407 e.